The number of carbonyl (C=O) groups is 3. The van der Waals surface area contributed by atoms with E-state index >= 15 is 0 Å². The third-order valence-electron chi connectivity index (χ3n) is 2.27. The maximum Gasteiger partial charge on any atom is 0.323 e. The molecule has 18 heavy (non-hydrogen) atoms. The lowest BCUT2D eigenvalue weighted by Gasteiger charge is -2.11. The van der Waals surface area contributed by atoms with Gasteiger partial charge in [-0.25, -0.2) is 0 Å². The van der Waals surface area contributed by atoms with Crippen molar-refractivity contribution in [1.29, 1.82) is 0 Å². The molecule has 0 saturated carbocycles. The summed E-state index contributed by atoms with van der Waals surface area (Å²) in [6.45, 7) is -0.415. The van der Waals surface area contributed by atoms with Crippen molar-refractivity contribution in [2.24, 2.45) is 0 Å². The van der Waals surface area contributed by atoms with Gasteiger partial charge in [0.1, 0.15) is 12.2 Å². The number of nitrogens with zero attached hydrogens (tertiary/aromatic N) is 2. The van der Waals surface area contributed by atoms with E-state index in [1.807, 2.05) is 0 Å². The van der Waals surface area contributed by atoms with Crippen molar-refractivity contribution >= 4 is 17.8 Å². The highest BCUT2D eigenvalue weighted by atomic mass is 16.4. The fourth-order valence-electron chi connectivity index (χ4n) is 1.31. The van der Waals surface area contributed by atoms with Crippen LogP contribution in [-0.4, -0.2) is 53.0 Å². The van der Waals surface area contributed by atoms with E-state index in [0.29, 0.717) is 0 Å². The summed E-state index contributed by atoms with van der Waals surface area (Å²) in [4.78, 5) is 35.0. The van der Waals surface area contributed by atoms with Gasteiger partial charge in [0.05, 0.1) is 6.54 Å². The van der Waals surface area contributed by atoms with Gasteiger partial charge >= 0.3 is 5.97 Å². The molecule has 0 fully saturated rings. The van der Waals surface area contributed by atoms with Gasteiger partial charge in [0, 0.05) is 20.3 Å². The molecule has 98 valence electrons. The molecule has 0 aromatic carbocycles. The number of likely N-dealkylation sites (N-methyl/N-ethyl adjacent to an activating group) is 1. The van der Waals surface area contributed by atoms with E-state index < -0.39 is 11.9 Å². The van der Waals surface area contributed by atoms with Crippen molar-refractivity contribution in [3.05, 3.63) is 24.0 Å². The Balaban J connectivity index is 2.64. The Bertz CT molecular complexity index is 465. The number of amides is 2. The zero-order valence-corrected chi connectivity index (χ0v) is 10.2. The number of aromatic nitrogens is 1. The molecule has 0 aliphatic carbocycles. The smallest absolute Gasteiger partial charge is 0.323 e. The highest BCUT2D eigenvalue weighted by Crippen LogP contribution is 2.02. The summed E-state index contributed by atoms with van der Waals surface area (Å²) in [6.07, 6.45) is 1.50. The second kappa shape index (κ2) is 5.85. The Kier molecular flexibility index (Phi) is 4.47. The monoisotopic (exact) mass is 253 g/mol. The third-order valence-corrected chi connectivity index (χ3v) is 2.27. The quantitative estimate of drug-likeness (QED) is 0.732. The molecular weight excluding hydrogens is 238 g/mol. The molecule has 0 spiro atoms. The van der Waals surface area contributed by atoms with E-state index in [1.165, 1.54) is 21.7 Å². The van der Waals surface area contributed by atoms with Gasteiger partial charge in [-0.3, -0.25) is 14.4 Å². The number of rotatable bonds is 5. The lowest BCUT2D eigenvalue weighted by Crippen LogP contribution is -2.37. The van der Waals surface area contributed by atoms with E-state index in [9.17, 15) is 14.4 Å². The SMILES string of the molecule is CN(C)C(=O)CNC(=O)c1cccn1CC(=O)O. The predicted octanol–water partition coefficient (Wildman–Crippen LogP) is -0.609. The fraction of sp³-hybridized carbons (Fsp3) is 0.364. The molecule has 7 nitrogen and oxygen atoms in total. The molecule has 0 aliphatic heterocycles. The van der Waals surface area contributed by atoms with Crippen LogP contribution >= 0.6 is 0 Å². The second-order valence-corrected chi connectivity index (χ2v) is 3.89. The molecule has 1 heterocycles. The Hall–Kier alpha value is -2.31. The van der Waals surface area contributed by atoms with E-state index in [0.717, 1.165) is 0 Å². The van der Waals surface area contributed by atoms with Gasteiger partial charge in [-0.1, -0.05) is 0 Å². The van der Waals surface area contributed by atoms with Gasteiger partial charge in [-0.15, -0.1) is 0 Å². The number of nitrogens with one attached hydrogen (secondary N) is 1. The maximum atomic E-state index is 11.7. The number of hydrogen-bond acceptors (Lipinski definition) is 3. The lowest BCUT2D eigenvalue weighted by molar-refractivity contribution is -0.137. The third kappa shape index (κ3) is 3.62. The second-order valence-electron chi connectivity index (χ2n) is 3.89. The largest absolute Gasteiger partial charge is 0.480 e. The molecule has 0 atom stereocenters. The minimum absolute atomic E-state index is 0.121. The summed E-state index contributed by atoms with van der Waals surface area (Å²) in [7, 11) is 3.17. The van der Waals surface area contributed by atoms with Crippen LogP contribution in [0, 0.1) is 0 Å². The van der Waals surface area contributed by atoms with Gasteiger partial charge in [-0.05, 0) is 12.1 Å². The van der Waals surface area contributed by atoms with E-state index in [1.54, 1.807) is 20.2 Å². The summed E-state index contributed by atoms with van der Waals surface area (Å²) in [5, 5.41) is 11.1. The first-order valence-corrected chi connectivity index (χ1v) is 5.27. The molecule has 0 saturated heterocycles. The first-order chi connectivity index (χ1) is 8.41. The lowest BCUT2D eigenvalue weighted by atomic mass is 10.4. The summed E-state index contributed by atoms with van der Waals surface area (Å²) in [5.74, 6) is -1.75. The van der Waals surface area contributed by atoms with Crippen LogP contribution in [0.3, 0.4) is 0 Å². The van der Waals surface area contributed by atoms with Crippen molar-refractivity contribution in [2.75, 3.05) is 20.6 Å². The van der Waals surface area contributed by atoms with Crippen LogP contribution < -0.4 is 5.32 Å². The van der Waals surface area contributed by atoms with Gasteiger partial charge in [0.25, 0.3) is 5.91 Å². The van der Waals surface area contributed by atoms with E-state index in [2.05, 4.69) is 5.32 Å². The fourth-order valence-corrected chi connectivity index (χ4v) is 1.31. The van der Waals surface area contributed by atoms with Crippen molar-refractivity contribution in [3.8, 4) is 0 Å². The zero-order chi connectivity index (χ0) is 13.7. The van der Waals surface area contributed by atoms with Crippen LogP contribution in [0.2, 0.25) is 0 Å². The predicted molar refractivity (Wildman–Crippen MR) is 63.1 cm³/mol. The number of carboxylic acids is 1. The number of carboxylic acid groups (broad SMARTS) is 1. The number of hydrogen-bond donors (Lipinski definition) is 2. The molecule has 0 unspecified atom stereocenters. The van der Waals surface area contributed by atoms with Crippen LogP contribution in [0.5, 0.6) is 0 Å². The van der Waals surface area contributed by atoms with Crippen LogP contribution in [-0.2, 0) is 16.1 Å². The van der Waals surface area contributed by atoms with Gasteiger partial charge in [0.2, 0.25) is 5.91 Å². The van der Waals surface area contributed by atoms with Gasteiger partial charge in [-0.2, -0.15) is 0 Å². The Morgan fingerprint density at radius 3 is 2.61 bits per heavy atom. The summed E-state index contributed by atoms with van der Waals surface area (Å²) in [6, 6.07) is 3.07. The van der Waals surface area contributed by atoms with Crippen molar-refractivity contribution in [2.45, 2.75) is 6.54 Å². The topological polar surface area (TPSA) is 91.6 Å². The number of carbonyl (C=O) groups excluding carboxylic acids is 2. The summed E-state index contributed by atoms with van der Waals surface area (Å²) in [5.41, 5.74) is 0.212. The van der Waals surface area contributed by atoms with Crippen LogP contribution in [0.1, 0.15) is 10.5 Å². The molecule has 0 radical (unpaired) electrons. The van der Waals surface area contributed by atoms with Crippen LogP contribution in [0.25, 0.3) is 0 Å². The standard InChI is InChI=1S/C11H15N3O4/c1-13(2)9(15)6-12-11(18)8-4-3-5-14(8)7-10(16)17/h3-5H,6-7H2,1-2H3,(H,12,18)(H,16,17). The molecule has 1 aromatic heterocycles. The summed E-state index contributed by atoms with van der Waals surface area (Å²) < 4.78 is 1.30. The highest BCUT2D eigenvalue weighted by molar-refractivity contribution is 5.95. The van der Waals surface area contributed by atoms with Crippen LogP contribution in [0.4, 0.5) is 0 Å². The molecule has 0 aliphatic rings. The van der Waals surface area contributed by atoms with E-state index in [4.69, 9.17) is 5.11 Å². The average molecular weight is 253 g/mol. The zero-order valence-electron chi connectivity index (χ0n) is 10.2. The molecule has 7 heteroatoms. The van der Waals surface area contributed by atoms with Crippen molar-refractivity contribution < 1.29 is 19.5 Å². The number of aliphatic carboxylic acids is 1. The van der Waals surface area contributed by atoms with Gasteiger partial charge in [0.15, 0.2) is 0 Å². The first kappa shape index (κ1) is 13.8. The Labute approximate surface area is 104 Å². The molecular formula is C11H15N3O4. The minimum atomic E-state index is -1.04. The van der Waals surface area contributed by atoms with Crippen molar-refractivity contribution in [3.63, 3.8) is 0 Å². The highest BCUT2D eigenvalue weighted by Gasteiger charge is 2.13. The van der Waals surface area contributed by atoms with Crippen molar-refractivity contribution in [1.82, 2.24) is 14.8 Å². The Morgan fingerprint density at radius 2 is 2.06 bits per heavy atom. The van der Waals surface area contributed by atoms with Crippen LogP contribution in [0.15, 0.2) is 18.3 Å². The molecule has 1 aromatic rings. The maximum absolute atomic E-state index is 11.7. The normalized spacial score (nSPS) is 9.89. The van der Waals surface area contributed by atoms with Gasteiger partial charge < -0.3 is 19.9 Å². The van der Waals surface area contributed by atoms with E-state index in [-0.39, 0.29) is 24.7 Å². The summed E-state index contributed by atoms with van der Waals surface area (Å²) >= 11 is 0. The molecule has 2 N–H and O–H groups in total. The molecule has 1 rings (SSSR count). The minimum Gasteiger partial charge on any atom is -0.480 e. The molecule has 0 bridgehead atoms. The average Bonchev–Trinajstić information content (AvgIpc) is 2.72. The first-order valence-electron chi connectivity index (χ1n) is 5.27. The Morgan fingerprint density at radius 1 is 1.39 bits per heavy atom. The molecule has 2 amide bonds.